The fourth-order valence-electron chi connectivity index (χ4n) is 2.08. The normalized spacial score (nSPS) is 12.3. The van der Waals surface area contributed by atoms with Crippen LogP contribution in [0.4, 0.5) is 0 Å². The van der Waals surface area contributed by atoms with Crippen molar-refractivity contribution in [1.29, 1.82) is 0 Å². The van der Waals surface area contributed by atoms with E-state index in [0.717, 1.165) is 16.0 Å². The van der Waals surface area contributed by atoms with E-state index < -0.39 is 10.8 Å². The Labute approximate surface area is 142 Å². The summed E-state index contributed by atoms with van der Waals surface area (Å²) >= 11 is 5.86. The van der Waals surface area contributed by atoms with E-state index in [9.17, 15) is 4.21 Å². The summed E-state index contributed by atoms with van der Waals surface area (Å²) in [6, 6.07) is 12.9. The van der Waals surface area contributed by atoms with E-state index in [0.29, 0.717) is 16.7 Å². The first-order valence-corrected chi connectivity index (χ1v) is 8.77. The van der Waals surface area contributed by atoms with Crippen LogP contribution in [-0.2, 0) is 16.6 Å². The van der Waals surface area contributed by atoms with Crippen molar-refractivity contribution < 1.29 is 8.73 Å². The van der Waals surface area contributed by atoms with Crippen LogP contribution in [0.25, 0.3) is 11.5 Å². The molecule has 4 nitrogen and oxygen atoms in total. The monoisotopic (exact) mass is 346 g/mol. The van der Waals surface area contributed by atoms with Gasteiger partial charge in [0, 0.05) is 15.5 Å². The highest BCUT2D eigenvalue weighted by Crippen LogP contribution is 2.21. The molecule has 1 heterocycles. The summed E-state index contributed by atoms with van der Waals surface area (Å²) in [5.41, 5.74) is 3.08. The van der Waals surface area contributed by atoms with E-state index in [-0.39, 0.29) is 5.75 Å². The summed E-state index contributed by atoms with van der Waals surface area (Å²) in [5, 5.41) is 4.55. The maximum atomic E-state index is 12.4. The van der Waals surface area contributed by atoms with E-state index in [1.807, 2.05) is 32.0 Å². The van der Waals surface area contributed by atoms with Crippen LogP contribution < -0.4 is 0 Å². The molecule has 0 aliphatic heterocycles. The second-order valence-electron chi connectivity index (χ2n) is 5.26. The molecule has 0 bridgehead atoms. The lowest BCUT2D eigenvalue weighted by atomic mass is 10.1. The molecule has 0 aliphatic carbocycles. The average Bonchev–Trinajstić information content (AvgIpc) is 2.99. The zero-order valence-electron chi connectivity index (χ0n) is 12.7. The molecule has 0 saturated carbocycles. The number of hydrogen-bond donors (Lipinski definition) is 0. The number of hydrogen-bond acceptors (Lipinski definition) is 4. The molecule has 0 unspecified atom stereocenters. The molecule has 0 fully saturated rings. The van der Waals surface area contributed by atoms with Gasteiger partial charge in [0.1, 0.15) is 0 Å². The van der Waals surface area contributed by atoms with E-state index in [2.05, 4.69) is 10.1 Å². The van der Waals surface area contributed by atoms with Crippen molar-refractivity contribution in [2.45, 2.75) is 24.5 Å². The summed E-state index contributed by atoms with van der Waals surface area (Å²) in [6.07, 6.45) is 0. The van der Waals surface area contributed by atoms with Crippen LogP contribution in [0.3, 0.4) is 0 Å². The van der Waals surface area contributed by atoms with Gasteiger partial charge in [-0.3, -0.25) is 4.21 Å². The molecule has 2 aromatic carbocycles. The minimum absolute atomic E-state index is 0.222. The summed E-state index contributed by atoms with van der Waals surface area (Å²) in [7, 11) is -1.21. The van der Waals surface area contributed by atoms with E-state index in [1.54, 1.807) is 24.3 Å². The molecular weight excluding hydrogens is 332 g/mol. The van der Waals surface area contributed by atoms with Gasteiger partial charge in [-0.15, -0.1) is 0 Å². The lowest BCUT2D eigenvalue weighted by Crippen LogP contribution is -1.99. The molecule has 0 aliphatic rings. The van der Waals surface area contributed by atoms with Gasteiger partial charge in [-0.2, -0.15) is 4.98 Å². The Balaban J connectivity index is 1.77. The molecule has 6 heteroatoms. The standard InChI is InChI=1S/C17H15ClN2O2S/c1-11-3-8-15(9-12(11)2)23(21)10-16-19-17(22-20-16)13-4-6-14(18)7-5-13/h3-9H,10H2,1-2H3/t23-/m1/s1. The smallest absolute Gasteiger partial charge is 0.257 e. The molecular formula is C17H15ClN2O2S. The van der Waals surface area contributed by atoms with Crippen LogP contribution in [0.2, 0.25) is 5.02 Å². The predicted octanol–water partition coefficient (Wildman–Crippen LogP) is 4.31. The molecule has 0 spiro atoms. The first kappa shape index (κ1) is 15.9. The van der Waals surface area contributed by atoms with Gasteiger partial charge >= 0.3 is 0 Å². The van der Waals surface area contributed by atoms with Gasteiger partial charge in [-0.25, -0.2) is 0 Å². The molecule has 3 aromatic rings. The maximum absolute atomic E-state index is 12.4. The van der Waals surface area contributed by atoms with Crippen LogP contribution >= 0.6 is 11.6 Å². The highest BCUT2D eigenvalue weighted by atomic mass is 35.5. The fraction of sp³-hybridized carbons (Fsp3) is 0.176. The Hall–Kier alpha value is -1.98. The van der Waals surface area contributed by atoms with Gasteiger partial charge in [0.2, 0.25) is 0 Å². The molecule has 0 radical (unpaired) electrons. The highest BCUT2D eigenvalue weighted by molar-refractivity contribution is 7.84. The van der Waals surface area contributed by atoms with Crippen molar-refractivity contribution in [2.24, 2.45) is 0 Å². The quantitative estimate of drug-likeness (QED) is 0.706. The first-order chi connectivity index (χ1) is 11.0. The number of aromatic nitrogens is 2. The van der Waals surface area contributed by atoms with Crippen molar-refractivity contribution in [1.82, 2.24) is 10.1 Å². The summed E-state index contributed by atoms with van der Waals surface area (Å²) in [6.45, 7) is 4.03. The van der Waals surface area contributed by atoms with Gasteiger partial charge in [0.05, 0.1) is 16.6 Å². The number of benzene rings is 2. The third-order valence-corrected chi connectivity index (χ3v) is 5.11. The Morgan fingerprint density at radius 2 is 1.83 bits per heavy atom. The van der Waals surface area contributed by atoms with Crippen molar-refractivity contribution in [3.63, 3.8) is 0 Å². The minimum atomic E-state index is -1.21. The molecule has 23 heavy (non-hydrogen) atoms. The topological polar surface area (TPSA) is 56.0 Å². The lowest BCUT2D eigenvalue weighted by molar-refractivity contribution is 0.425. The summed E-state index contributed by atoms with van der Waals surface area (Å²) < 4.78 is 17.7. The van der Waals surface area contributed by atoms with Crippen LogP contribution in [0.1, 0.15) is 17.0 Å². The lowest BCUT2D eigenvalue weighted by Gasteiger charge is -2.03. The third-order valence-electron chi connectivity index (χ3n) is 3.56. The van der Waals surface area contributed by atoms with Gasteiger partial charge in [-0.1, -0.05) is 22.8 Å². The SMILES string of the molecule is Cc1ccc([S@](=O)Cc2noc(-c3ccc(Cl)cc3)n2)cc1C. The molecule has 0 amide bonds. The Kier molecular flexibility index (Phi) is 4.59. The highest BCUT2D eigenvalue weighted by Gasteiger charge is 2.13. The van der Waals surface area contributed by atoms with Crippen molar-refractivity contribution in [2.75, 3.05) is 0 Å². The Morgan fingerprint density at radius 3 is 2.52 bits per heavy atom. The minimum Gasteiger partial charge on any atom is -0.334 e. The van der Waals surface area contributed by atoms with E-state index in [1.165, 1.54) is 5.56 Å². The number of aryl methyl sites for hydroxylation is 2. The van der Waals surface area contributed by atoms with Gasteiger partial charge in [0.25, 0.3) is 5.89 Å². The first-order valence-electron chi connectivity index (χ1n) is 7.07. The number of rotatable bonds is 4. The number of nitrogens with zero attached hydrogens (tertiary/aromatic N) is 2. The van der Waals surface area contributed by atoms with E-state index in [4.69, 9.17) is 16.1 Å². The van der Waals surface area contributed by atoms with Gasteiger partial charge < -0.3 is 4.52 Å². The van der Waals surface area contributed by atoms with E-state index >= 15 is 0 Å². The van der Waals surface area contributed by atoms with Crippen LogP contribution in [0.15, 0.2) is 51.9 Å². The predicted molar refractivity (Wildman–Crippen MR) is 90.8 cm³/mol. The molecule has 3 rings (SSSR count). The largest absolute Gasteiger partial charge is 0.334 e. The van der Waals surface area contributed by atoms with Crippen molar-refractivity contribution >= 4 is 22.4 Å². The van der Waals surface area contributed by atoms with Crippen LogP contribution in [-0.4, -0.2) is 14.3 Å². The van der Waals surface area contributed by atoms with Gasteiger partial charge in [-0.05, 0) is 61.4 Å². The Bertz CT molecular complexity index is 859. The maximum Gasteiger partial charge on any atom is 0.257 e. The zero-order valence-corrected chi connectivity index (χ0v) is 14.3. The molecule has 118 valence electrons. The number of halogens is 1. The average molecular weight is 347 g/mol. The van der Waals surface area contributed by atoms with Crippen molar-refractivity contribution in [3.8, 4) is 11.5 Å². The van der Waals surface area contributed by atoms with Crippen LogP contribution in [0, 0.1) is 13.8 Å². The van der Waals surface area contributed by atoms with Crippen molar-refractivity contribution in [3.05, 3.63) is 64.4 Å². The molecule has 1 aromatic heterocycles. The fourth-order valence-corrected chi connectivity index (χ4v) is 3.25. The zero-order chi connectivity index (χ0) is 16.4. The third kappa shape index (κ3) is 3.68. The summed E-state index contributed by atoms with van der Waals surface area (Å²) in [4.78, 5) is 5.07. The molecule has 1 atom stereocenters. The molecule has 0 N–H and O–H groups in total. The Morgan fingerprint density at radius 1 is 1.09 bits per heavy atom. The summed E-state index contributed by atoms with van der Waals surface area (Å²) in [5.74, 6) is 1.04. The van der Waals surface area contributed by atoms with Crippen LogP contribution in [0.5, 0.6) is 0 Å². The second-order valence-corrected chi connectivity index (χ2v) is 7.15. The van der Waals surface area contributed by atoms with Gasteiger partial charge in [0.15, 0.2) is 5.82 Å². The second kappa shape index (κ2) is 6.64. The molecule has 0 saturated heterocycles.